The van der Waals surface area contributed by atoms with Crippen LogP contribution in [-0.2, 0) is 0 Å². The molecule has 0 aliphatic heterocycles. The highest BCUT2D eigenvalue weighted by Crippen LogP contribution is 2.25. The molecule has 1 aromatic carbocycles. The minimum atomic E-state index is -0.472. The van der Waals surface area contributed by atoms with Gasteiger partial charge in [0.2, 0.25) is 0 Å². The summed E-state index contributed by atoms with van der Waals surface area (Å²) in [6, 6.07) is 7.11. The number of aromatic amines is 1. The number of nitrogens with zero attached hydrogens (tertiary/aromatic N) is 1. The molecule has 1 N–H and O–H groups in total. The predicted octanol–water partition coefficient (Wildman–Crippen LogP) is 1.96. The molecule has 1 heterocycles. The summed E-state index contributed by atoms with van der Waals surface area (Å²) in [7, 11) is 1.56. The molecule has 0 aliphatic carbocycles. The quantitative estimate of drug-likeness (QED) is 0.854. The summed E-state index contributed by atoms with van der Waals surface area (Å²) in [6.45, 7) is 3.13. The molecule has 2 rings (SSSR count). The van der Waals surface area contributed by atoms with E-state index < -0.39 is 5.69 Å². The van der Waals surface area contributed by atoms with E-state index in [-0.39, 0.29) is 5.78 Å². The second-order valence-electron chi connectivity index (χ2n) is 4.18. The number of rotatable bonds is 3. The van der Waals surface area contributed by atoms with E-state index in [4.69, 9.17) is 4.74 Å². The first-order chi connectivity index (χ1) is 9.02. The largest absolute Gasteiger partial charge is 0.497 e. The van der Waals surface area contributed by atoms with Crippen molar-refractivity contribution in [3.63, 3.8) is 0 Å². The van der Waals surface area contributed by atoms with Gasteiger partial charge in [0, 0.05) is 11.3 Å². The van der Waals surface area contributed by atoms with Crippen molar-refractivity contribution >= 4 is 5.78 Å². The Morgan fingerprint density at radius 3 is 2.74 bits per heavy atom. The number of hydrogen-bond acceptors (Lipinski definition) is 4. The molecule has 0 saturated heterocycles. The van der Waals surface area contributed by atoms with E-state index in [1.54, 1.807) is 38.3 Å². The van der Waals surface area contributed by atoms with E-state index in [0.29, 0.717) is 28.3 Å². The molecule has 0 unspecified atom stereocenters. The van der Waals surface area contributed by atoms with E-state index in [2.05, 4.69) is 9.97 Å². The van der Waals surface area contributed by atoms with Crippen LogP contribution < -0.4 is 10.4 Å². The Bertz CT molecular complexity index is 689. The van der Waals surface area contributed by atoms with Gasteiger partial charge in [0.15, 0.2) is 5.78 Å². The first-order valence-electron chi connectivity index (χ1n) is 5.79. The second-order valence-corrected chi connectivity index (χ2v) is 4.18. The Morgan fingerprint density at radius 1 is 1.37 bits per heavy atom. The number of carbonyl (C=O) groups is 1. The van der Waals surface area contributed by atoms with Crippen LogP contribution in [0.15, 0.2) is 29.1 Å². The van der Waals surface area contributed by atoms with E-state index >= 15 is 0 Å². The van der Waals surface area contributed by atoms with Crippen LogP contribution in [0.1, 0.15) is 23.0 Å². The maximum absolute atomic E-state index is 11.7. The number of ketones is 1. The third-order valence-corrected chi connectivity index (χ3v) is 2.81. The van der Waals surface area contributed by atoms with Gasteiger partial charge < -0.3 is 9.72 Å². The Morgan fingerprint density at radius 2 is 2.11 bits per heavy atom. The number of benzene rings is 1. The van der Waals surface area contributed by atoms with Crippen molar-refractivity contribution in [1.29, 1.82) is 0 Å². The van der Waals surface area contributed by atoms with Crippen molar-refractivity contribution in [3.8, 4) is 17.0 Å². The topological polar surface area (TPSA) is 72.0 Å². The number of aryl methyl sites for hydroxylation is 1. The Kier molecular flexibility index (Phi) is 3.46. The molecule has 0 saturated carbocycles. The molecule has 2 aromatic rings. The fourth-order valence-electron chi connectivity index (χ4n) is 2.00. The van der Waals surface area contributed by atoms with E-state index in [9.17, 15) is 9.59 Å². The number of ether oxygens (including phenoxy) is 1. The van der Waals surface area contributed by atoms with Gasteiger partial charge in [0.25, 0.3) is 0 Å². The molecule has 1 aromatic heterocycles. The van der Waals surface area contributed by atoms with Gasteiger partial charge in [-0.3, -0.25) is 4.79 Å². The zero-order valence-corrected chi connectivity index (χ0v) is 11.0. The van der Waals surface area contributed by atoms with Gasteiger partial charge in [-0.15, -0.1) is 0 Å². The number of H-pyrrole nitrogens is 1. The Balaban J connectivity index is 2.73. The molecular weight excluding hydrogens is 244 g/mol. The van der Waals surface area contributed by atoms with E-state index in [1.807, 2.05) is 0 Å². The SMILES string of the molecule is COc1cccc(-c2nc(=O)[nH]c(C)c2C(C)=O)c1. The number of hydrogen-bond donors (Lipinski definition) is 1. The Hall–Kier alpha value is -2.43. The first kappa shape index (κ1) is 13.0. The van der Waals surface area contributed by atoms with Crippen LogP contribution in [0.5, 0.6) is 5.75 Å². The molecule has 0 spiro atoms. The van der Waals surface area contributed by atoms with Crippen LogP contribution in [0.4, 0.5) is 0 Å². The summed E-state index contributed by atoms with van der Waals surface area (Å²) >= 11 is 0. The minimum absolute atomic E-state index is 0.140. The minimum Gasteiger partial charge on any atom is -0.497 e. The lowest BCUT2D eigenvalue weighted by atomic mass is 10.0. The standard InChI is InChI=1S/C14H14N2O3/c1-8-12(9(2)17)13(16-14(18)15-8)10-5-4-6-11(7-10)19-3/h4-7H,1-3H3,(H,15,16,18). The second kappa shape index (κ2) is 5.06. The predicted molar refractivity (Wildman–Crippen MR) is 71.6 cm³/mol. The number of Topliss-reactive ketones (excluding diaryl/α,β-unsaturated/α-hetero) is 1. The number of methoxy groups -OCH3 is 1. The van der Waals surface area contributed by atoms with Crippen LogP contribution in [0, 0.1) is 6.92 Å². The van der Waals surface area contributed by atoms with Crippen molar-refractivity contribution in [2.45, 2.75) is 13.8 Å². The lowest BCUT2D eigenvalue weighted by Crippen LogP contribution is -2.17. The summed E-state index contributed by atoms with van der Waals surface area (Å²) in [4.78, 5) is 29.7. The van der Waals surface area contributed by atoms with Gasteiger partial charge in [0.05, 0.1) is 18.4 Å². The molecule has 5 heteroatoms. The van der Waals surface area contributed by atoms with Gasteiger partial charge in [-0.05, 0) is 26.0 Å². The van der Waals surface area contributed by atoms with Crippen molar-refractivity contribution in [1.82, 2.24) is 9.97 Å². The maximum Gasteiger partial charge on any atom is 0.345 e. The lowest BCUT2D eigenvalue weighted by Gasteiger charge is -2.09. The molecule has 0 atom stereocenters. The zero-order chi connectivity index (χ0) is 14.0. The summed E-state index contributed by atoms with van der Waals surface area (Å²) < 4.78 is 5.14. The lowest BCUT2D eigenvalue weighted by molar-refractivity contribution is 0.101. The normalized spacial score (nSPS) is 10.3. The molecule has 98 valence electrons. The van der Waals surface area contributed by atoms with Gasteiger partial charge in [-0.1, -0.05) is 12.1 Å². The number of carbonyl (C=O) groups excluding carboxylic acids is 1. The monoisotopic (exact) mass is 258 g/mol. The molecule has 5 nitrogen and oxygen atoms in total. The van der Waals surface area contributed by atoms with E-state index in [1.165, 1.54) is 6.92 Å². The maximum atomic E-state index is 11.7. The average Bonchev–Trinajstić information content (AvgIpc) is 2.37. The molecule has 0 bridgehead atoms. The first-order valence-corrected chi connectivity index (χ1v) is 5.79. The smallest absolute Gasteiger partial charge is 0.345 e. The van der Waals surface area contributed by atoms with Crippen molar-refractivity contribution in [3.05, 3.63) is 46.0 Å². The average molecular weight is 258 g/mol. The number of aromatic nitrogens is 2. The van der Waals surface area contributed by atoms with Crippen LogP contribution in [0.25, 0.3) is 11.3 Å². The van der Waals surface area contributed by atoms with Crippen LogP contribution >= 0.6 is 0 Å². The molecule has 0 aliphatic rings. The summed E-state index contributed by atoms with van der Waals surface area (Å²) in [5.41, 5.74) is 1.53. The Labute approximate surface area is 110 Å². The summed E-state index contributed by atoms with van der Waals surface area (Å²) in [5, 5.41) is 0. The third-order valence-electron chi connectivity index (χ3n) is 2.81. The molecule has 0 radical (unpaired) electrons. The number of nitrogens with one attached hydrogen (secondary N) is 1. The zero-order valence-electron chi connectivity index (χ0n) is 11.0. The summed E-state index contributed by atoms with van der Waals surface area (Å²) in [6.07, 6.45) is 0. The van der Waals surface area contributed by atoms with Gasteiger partial charge in [0.1, 0.15) is 5.75 Å². The summed E-state index contributed by atoms with van der Waals surface area (Å²) in [5.74, 6) is 0.505. The van der Waals surface area contributed by atoms with Crippen molar-refractivity contribution in [2.24, 2.45) is 0 Å². The highest BCUT2D eigenvalue weighted by molar-refractivity contribution is 6.00. The van der Waals surface area contributed by atoms with Crippen molar-refractivity contribution < 1.29 is 9.53 Å². The van der Waals surface area contributed by atoms with Crippen LogP contribution in [0.2, 0.25) is 0 Å². The van der Waals surface area contributed by atoms with Gasteiger partial charge >= 0.3 is 5.69 Å². The van der Waals surface area contributed by atoms with Gasteiger partial charge in [-0.2, -0.15) is 4.98 Å². The molecule has 19 heavy (non-hydrogen) atoms. The van der Waals surface area contributed by atoms with Crippen molar-refractivity contribution in [2.75, 3.05) is 7.11 Å². The molecule has 0 fully saturated rings. The van der Waals surface area contributed by atoms with E-state index in [0.717, 1.165) is 0 Å². The third kappa shape index (κ3) is 2.54. The fraction of sp³-hybridized carbons (Fsp3) is 0.214. The van der Waals surface area contributed by atoms with Gasteiger partial charge in [-0.25, -0.2) is 4.79 Å². The van der Waals surface area contributed by atoms with Crippen LogP contribution in [-0.4, -0.2) is 22.9 Å². The highest BCUT2D eigenvalue weighted by atomic mass is 16.5. The molecule has 0 amide bonds. The highest BCUT2D eigenvalue weighted by Gasteiger charge is 2.15. The van der Waals surface area contributed by atoms with Crippen LogP contribution in [0.3, 0.4) is 0 Å². The molecular formula is C14H14N2O3. The fourth-order valence-corrected chi connectivity index (χ4v) is 2.00.